The molecular formula is C8H12N2O. The summed E-state index contributed by atoms with van der Waals surface area (Å²) in [6, 6.07) is 0. The minimum absolute atomic E-state index is 0.513. The third kappa shape index (κ3) is 1.05. The number of aryl methyl sites for hydroxylation is 1. The molecular weight excluding hydrogens is 140 g/mol. The lowest BCUT2D eigenvalue weighted by molar-refractivity contribution is 0.368. The van der Waals surface area contributed by atoms with Gasteiger partial charge in [0.25, 0.3) is 0 Å². The lowest BCUT2D eigenvalue weighted by Gasteiger charge is -2.07. The molecule has 0 atom stereocenters. The van der Waals surface area contributed by atoms with E-state index in [9.17, 15) is 0 Å². The molecule has 0 amide bonds. The quantitative estimate of drug-likeness (QED) is 0.653. The van der Waals surface area contributed by atoms with Crippen molar-refractivity contribution in [2.45, 2.75) is 32.2 Å². The number of hydrogen-bond acceptors (Lipinski definition) is 3. The number of nitrogens with zero attached hydrogens (tertiary/aromatic N) is 1. The highest BCUT2D eigenvalue weighted by molar-refractivity contribution is 5.24. The van der Waals surface area contributed by atoms with Gasteiger partial charge in [0.2, 0.25) is 0 Å². The van der Waals surface area contributed by atoms with E-state index in [2.05, 4.69) is 5.16 Å². The van der Waals surface area contributed by atoms with E-state index in [0.29, 0.717) is 6.54 Å². The van der Waals surface area contributed by atoms with Gasteiger partial charge in [-0.2, -0.15) is 0 Å². The van der Waals surface area contributed by atoms with Crippen LogP contribution in [0.15, 0.2) is 4.52 Å². The van der Waals surface area contributed by atoms with Crippen molar-refractivity contribution in [1.82, 2.24) is 5.16 Å². The molecule has 0 saturated heterocycles. The standard InChI is InChI=1S/C8H12N2O/c9-5-7-6-3-1-2-4-8(6)11-10-7/h1-5,9H2. The lowest BCUT2D eigenvalue weighted by Crippen LogP contribution is -2.05. The zero-order chi connectivity index (χ0) is 7.68. The van der Waals surface area contributed by atoms with Crippen molar-refractivity contribution in [2.24, 2.45) is 5.73 Å². The molecule has 1 aliphatic rings. The molecule has 0 radical (unpaired) electrons. The molecule has 2 N–H and O–H groups in total. The predicted molar refractivity (Wildman–Crippen MR) is 41.0 cm³/mol. The second kappa shape index (κ2) is 2.66. The van der Waals surface area contributed by atoms with Gasteiger partial charge >= 0.3 is 0 Å². The summed E-state index contributed by atoms with van der Waals surface area (Å²) in [5.74, 6) is 1.07. The van der Waals surface area contributed by atoms with Gasteiger partial charge in [-0.05, 0) is 19.3 Å². The first-order valence-electron chi connectivity index (χ1n) is 4.08. The van der Waals surface area contributed by atoms with Gasteiger partial charge in [0.05, 0.1) is 0 Å². The SMILES string of the molecule is NCc1noc2c1CCCC2. The van der Waals surface area contributed by atoms with Gasteiger partial charge in [0, 0.05) is 18.5 Å². The van der Waals surface area contributed by atoms with Crippen LogP contribution < -0.4 is 5.73 Å². The van der Waals surface area contributed by atoms with E-state index in [4.69, 9.17) is 10.3 Å². The number of hydrogen-bond donors (Lipinski definition) is 1. The van der Waals surface area contributed by atoms with Gasteiger partial charge < -0.3 is 10.3 Å². The topological polar surface area (TPSA) is 52.0 Å². The number of aromatic nitrogens is 1. The third-order valence-corrected chi connectivity index (χ3v) is 2.22. The fourth-order valence-electron chi connectivity index (χ4n) is 1.61. The normalized spacial score (nSPS) is 16.5. The second-order valence-corrected chi connectivity index (χ2v) is 2.94. The average Bonchev–Trinajstić information content (AvgIpc) is 2.47. The van der Waals surface area contributed by atoms with Crippen molar-refractivity contribution in [3.63, 3.8) is 0 Å². The lowest BCUT2D eigenvalue weighted by atomic mass is 9.97. The zero-order valence-corrected chi connectivity index (χ0v) is 6.47. The van der Waals surface area contributed by atoms with E-state index in [-0.39, 0.29) is 0 Å². The van der Waals surface area contributed by atoms with E-state index in [1.165, 1.54) is 18.4 Å². The Morgan fingerprint density at radius 2 is 2.18 bits per heavy atom. The van der Waals surface area contributed by atoms with Crippen molar-refractivity contribution in [1.29, 1.82) is 0 Å². The molecule has 3 nitrogen and oxygen atoms in total. The van der Waals surface area contributed by atoms with Crippen LogP contribution in [0.5, 0.6) is 0 Å². The van der Waals surface area contributed by atoms with Crippen LogP contribution in [0.1, 0.15) is 29.9 Å². The molecule has 2 rings (SSSR count). The summed E-state index contributed by atoms with van der Waals surface area (Å²) < 4.78 is 5.15. The molecule has 1 aromatic heterocycles. The summed E-state index contributed by atoms with van der Waals surface area (Å²) in [5.41, 5.74) is 7.73. The summed E-state index contributed by atoms with van der Waals surface area (Å²) in [4.78, 5) is 0. The van der Waals surface area contributed by atoms with Crippen LogP contribution in [0.2, 0.25) is 0 Å². The monoisotopic (exact) mass is 152 g/mol. The predicted octanol–water partition coefficient (Wildman–Crippen LogP) is 1.01. The van der Waals surface area contributed by atoms with Crippen molar-refractivity contribution in [3.05, 3.63) is 17.0 Å². The van der Waals surface area contributed by atoms with Crippen molar-refractivity contribution >= 4 is 0 Å². The first-order chi connectivity index (χ1) is 5.42. The van der Waals surface area contributed by atoms with Crippen LogP contribution >= 0.6 is 0 Å². The van der Waals surface area contributed by atoms with Crippen LogP contribution in [0.3, 0.4) is 0 Å². The van der Waals surface area contributed by atoms with Gasteiger partial charge in [0.1, 0.15) is 11.5 Å². The molecule has 1 heterocycles. The average molecular weight is 152 g/mol. The maximum absolute atomic E-state index is 5.50. The minimum Gasteiger partial charge on any atom is -0.361 e. The fraction of sp³-hybridized carbons (Fsp3) is 0.625. The number of fused-ring (bicyclic) bond motifs is 1. The summed E-state index contributed by atoms with van der Waals surface area (Å²) >= 11 is 0. The Labute approximate surface area is 65.6 Å². The van der Waals surface area contributed by atoms with E-state index in [1.807, 2.05) is 0 Å². The Bertz CT molecular complexity index is 241. The van der Waals surface area contributed by atoms with Crippen LogP contribution in [0, 0.1) is 0 Å². The maximum Gasteiger partial charge on any atom is 0.140 e. The van der Waals surface area contributed by atoms with Crippen LogP contribution in [-0.4, -0.2) is 5.16 Å². The second-order valence-electron chi connectivity index (χ2n) is 2.94. The zero-order valence-electron chi connectivity index (χ0n) is 6.47. The molecule has 0 aromatic carbocycles. The molecule has 0 saturated carbocycles. The van der Waals surface area contributed by atoms with Crippen molar-refractivity contribution in [2.75, 3.05) is 0 Å². The molecule has 3 heteroatoms. The molecule has 60 valence electrons. The summed E-state index contributed by atoms with van der Waals surface area (Å²) in [5, 5.41) is 3.92. The van der Waals surface area contributed by atoms with Gasteiger partial charge in [0.15, 0.2) is 0 Å². The Balaban J connectivity index is 2.38. The molecule has 0 bridgehead atoms. The molecule has 0 unspecified atom stereocenters. The Kier molecular flexibility index (Phi) is 1.66. The van der Waals surface area contributed by atoms with E-state index >= 15 is 0 Å². The van der Waals surface area contributed by atoms with E-state index in [1.54, 1.807) is 0 Å². The van der Waals surface area contributed by atoms with E-state index in [0.717, 1.165) is 24.3 Å². The number of rotatable bonds is 1. The molecule has 0 spiro atoms. The highest BCUT2D eigenvalue weighted by Gasteiger charge is 2.17. The van der Waals surface area contributed by atoms with Gasteiger partial charge in [-0.25, -0.2) is 0 Å². The largest absolute Gasteiger partial charge is 0.361 e. The van der Waals surface area contributed by atoms with Crippen LogP contribution in [0.4, 0.5) is 0 Å². The molecule has 1 aromatic rings. The fourth-order valence-corrected chi connectivity index (χ4v) is 1.61. The maximum atomic E-state index is 5.50. The molecule has 0 fully saturated rings. The summed E-state index contributed by atoms with van der Waals surface area (Å²) in [7, 11) is 0. The van der Waals surface area contributed by atoms with Crippen molar-refractivity contribution < 1.29 is 4.52 Å². The van der Waals surface area contributed by atoms with Gasteiger partial charge in [-0.15, -0.1) is 0 Å². The Morgan fingerprint density at radius 3 is 3.00 bits per heavy atom. The highest BCUT2D eigenvalue weighted by Crippen LogP contribution is 2.23. The first kappa shape index (κ1) is 6.85. The van der Waals surface area contributed by atoms with Gasteiger partial charge in [-0.1, -0.05) is 5.16 Å². The smallest absolute Gasteiger partial charge is 0.140 e. The summed E-state index contributed by atoms with van der Waals surface area (Å²) in [6.07, 6.45) is 4.63. The third-order valence-electron chi connectivity index (χ3n) is 2.22. The number of nitrogens with two attached hydrogens (primary N) is 1. The Hall–Kier alpha value is -0.830. The Morgan fingerprint density at radius 1 is 1.36 bits per heavy atom. The minimum atomic E-state index is 0.513. The molecule has 0 aliphatic heterocycles. The van der Waals surface area contributed by atoms with E-state index < -0.39 is 0 Å². The van der Waals surface area contributed by atoms with Crippen LogP contribution in [-0.2, 0) is 19.4 Å². The highest BCUT2D eigenvalue weighted by atomic mass is 16.5. The molecule has 1 aliphatic carbocycles. The van der Waals surface area contributed by atoms with Gasteiger partial charge in [-0.3, -0.25) is 0 Å². The first-order valence-corrected chi connectivity index (χ1v) is 4.08. The summed E-state index contributed by atoms with van der Waals surface area (Å²) in [6.45, 7) is 0.513. The molecule has 11 heavy (non-hydrogen) atoms. The van der Waals surface area contributed by atoms with Crippen LogP contribution in [0.25, 0.3) is 0 Å². The van der Waals surface area contributed by atoms with Crippen molar-refractivity contribution in [3.8, 4) is 0 Å².